The molecule has 2 aromatic heterocycles. The Morgan fingerprint density at radius 2 is 1.78 bits per heavy atom. The first kappa shape index (κ1) is 21.5. The Morgan fingerprint density at radius 1 is 1.00 bits per heavy atom. The molecule has 2 aromatic carbocycles. The van der Waals surface area contributed by atoms with Crippen molar-refractivity contribution in [2.75, 3.05) is 7.11 Å². The Hall–Kier alpha value is -3.71. The van der Waals surface area contributed by atoms with Crippen molar-refractivity contribution in [3.63, 3.8) is 0 Å². The van der Waals surface area contributed by atoms with E-state index >= 15 is 0 Å². The first-order chi connectivity index (χ1) is 15.6. The molecular formula is C25H23N3O3S. The molecule has 32 heavy (non-hydrogen) atoms. The molecule has 7 heteroatoms. The molecule has 0 radical (unpaired) electrons. The van der Waals surface area contributed by atoms with Crippen LogP contribution < -0.4 is 14.8 Å². The van der Waals surface area contributed by atoms with Crippen molar-refractivity contribution in [2.24, 2.45) is 0 Å². The van der Waals surface area contributed by atoms with Crippen LogP contribution in [-0.2, 0) is 13.2 Å². The second kappa shape index (κ2) is 10.1. The molecule has 0 spiro atoms. The lowest BCUT2D eigenvalue weighted by atomic mass is 10.2. The maximum absolute atomic E-state index is 12.8. The lowest BCUT2D eigenvalue weighted by Gasteiger charge is -2.12. The fourth-order valence-corrected chi connectivity index (χ4v) is 4.14. The van der Waals surface area contributed by atoms with Gasteiger partial charge in [-0.3, -0.25) is 9.78 Å². The fourth-order valence-electron chi connectivity index (χ4n) is 3.16. The van der Waals surface area contributed by atoms with Crippen molar-refractivity contribution in [2.45, 2.75) is 20.1 Å². The highest BCUT2D eigenvalue weighted by molar-refractivity contribution is 7.17. The number of methoxy groups -OCH3 is 1. The summed E-state index contributed by atoms with van der Waals surface area (Å²) in [5, 5.41) is 3.82. The monoisotopic (exact) mass is 445 g/mol. The summed E-state index contributed by atoms with van der Waals surface area (Å²) in [6.45, 7) is 2.65. The number of amides is 1. The maximum atomic E-state index is 12.8. The van der Waals surface area contributed by atoms with Gasteiger partial charge in [-0.05, 0) is 42.3 Å². The Balaban J connectivity index is 1.40. The van der Waals surface area contributed by atoms with Gasteiger partial charge in [-0.1, -0.05) is 36.4 Å². The summed E-state index contributed by atoms with van der Waals surface area (Å²) in [6.07, 6.45) is 3.46. The van der Waals surface area contributed by atoms with Gasteiger partial charge in [0.15, 0.2) is 11.5 Å². The van der Waals surface area contributed by atoms with Gasteiger partial charge >= 0.3 is 0 Å². The molecule has 1 N–H and O–H groups in total. The van der Waals surface area contributed by atoms with Crippen molar-refractivity contribution in [1.29, 1.82) is 0 Å². The number of ether oxygens (including phenoxy) is 2. The standard InChI is InChI=1S/C25H23N3O3S/c1-17-23(32-25(28-17)20-6-4-3-5-7-20)24(29)27-15-19-8-9-21(22(14-19)30-2)31-16-18-10-12-26-13-11-18/h3-14H,15-16H2,1-2H3,(H,27,29). The molecule has 6 nitrogen and oxygen atoms in total. The van der Waals surface area contributed by atoms with E-state index in [1.165, 1.54) is 11.3 Å². The highest BCUT2D eigenvalue weighted by Gasteiger charge is 2.16. The van der Waals surface area contributed by atoms with Gasteiger partial charge in [0.1, 0.15) is 16.5 Å². The molecule has 0 aliphatic heterocycles. The third kappa shape index (κ3) is 5.12. The summed E-state index contributed by atoms with van der Waals surface area (Å²) in [5.41, 5.74) is 3.67. The Morgan fingerprint density at radius 3 is 2.53 bits per heavy atom. The van der Waals surface area contributed by atoms with E-state index in [4.69, 9.17) is 9.47 Å². The number of hydrogen-bond donors (Lipinski definition) is 1. The molecule has 2 heterocycles. The molecule has 0 atom stereocenters. The average Bonchev–Trinajstić information content (AvgIpc) is 3.24. The van der Waals surface area contributed by atoms with Crippen LogP contribution in [-0.4, -0.2) is 23.0 Å². The fraction of sp³-hybridized carbons (Fsp3) is 0.160. The van der Waals surface area contributed by atoms with E-state index in [0.29, 0.717) is 29.5 Å². The normalized spacial score (nSPS) is 10.6. The number of nitrogens with zero attached hydrogens (tertiary/aromatic N) is 2. The van der Waals surface area contributed by atoms with E-state index in [1.807, 2.05) is 67.6 Å². The summed E-state index contributed by atoms with van der Waals surface area (Å²) < 4.78 is 11.4. The molecule has 0 bridgehead atoms. The zero-order valence-electron chi connectivity index (χ0n) is 17.9. The van der Waals surface area contributed by atoms with Crippen LogP contribution >= 0.6 is 11.3 Å². The zero-order valence-corrected chi connectivity index (χ0v) is 18.7. The smallest absolute Gasteiger partial charge is 0.263 e. The molecule has 1 amide bonds. The van der Waals surface area contributed by atoms with Crippen LogP contribution in [0.4, 0.5) is 0 Å². The van der Waals surface area contributed by atoms with E-state index in [1.54, 1.807) is 19.5 Å². The number of carbonyl (C=O) groups is 1. The number of aromatic nitrogens is 2. The molecule has 4 rings (SSSR count). The van der Waals surface area contributed by atoms with Crippen molar-refractivity contribution in [1.82, 2.24) is 15.3 Å². The molecule has 0 saturated heterocycles. The highest BCUT2D eigenvalue weighted by atomic mass is 32.1. The largest absolute Gasteiger partial charge is 0.493 e. The number of pyridine rings is 1. The minimum atomic E-state index is -0.140. The van der Waals surface area contributed by atoms with Crippen molar-refractivity contribution in [3.05, 3.63) is 94.8 Å². The van der Waals surface area contributed by atoms with Gasteiger partial charge in [-0.2, -0.15) is 0 Å². The number of thiazole rings is 1. The number of hydrogen-bond acceptors (Lipinski definition) is 6. The number of aryl methyl sites for hydroxylation is 1. The Kier molecular flexibility index (Phi) is 6.77. The van der Waals surface area contributed by atoms with Crippen molar-refractivity contribution >= 4 is 17.2 Å². The van der Waals surface area contributed by atoms with Gasteiger partial charge in [-0.25, -0.2) is 4.98 Å². The van der Waals surface area contributed by atoms with Crippen LogP contribution in [0.1, 0.15) is 26.5 Å². The maximum Gasteiger partial charge on any atom is 0.263 e. The lowest BCUT2D eigenvalue weighted by molar-refractivity contribution is 0.0954. The van der Waals surface area contributed by atoms with Gasteiger partial charge in [0.2, 0.25) is 0 Å². The van der Waals surface area contributed by atoms with Crippen LogP contribution in [0.25, 0.3) is 10.6 Å². The molecule has 0 fully saturated rings. The van der Waals surface area contributed by atoms with E-state index in [9.17, 15) is 4.79 Å². The number of carbonyl (C=O) groups excluding carboxylic acids is 1. The predicted octanol–water partition coefficient (Wildman–Crippen LogP) is 5.03. The van der Waals surface area contributed by atoms with Crippen molar-refractivity contribution < 1.29 is 14.3 Å². The predicted molar refractivity (Wildman–Crippen MR) is 125 cm³/mol. The average molecular weight is 446 g/mol. The summed E-state index contributed by atoms with van der Waals surface area (Å²) in [7, 11) is 1.60. The summed E-state index contributed by atoms with van der Waals surface area (Å²) in [4.78, 5) is 21.9. The number of nitrogens with one attached hydrogen (secondary N) is 1. The molecular weight excluding hydrogens is 422 g/mol. The third-order valence-corrected chi connectivity index (χ3v) is 6.05. The topological polar surface area (TPSA) is 73.3 Å². The first-order valence-electron chi connectivity index (χ1n) is 10.1. The van der Waals surface area contributed by atoms with Crippen LogP contribution in [0, 0.1) is 6.92 Å². The quantitative estimate of drug-likeness (QED) is 0.412. The van der Waals surface area contributed by atoms with E-state index in [2.05, 4.69) is 15.3 Å². The second-order valence-electron chi connectivity index (χ2n) is 7.11. The summed E-state index contributed by atoms with van der Waals surface area (Å²) in [5.74, 6) is 1.12. The van der Waals surface area contributed by atoms with Gasteiger partial charge < -0.3 is 14.8 Å². The molecule has 0 aliphatic carbocycles. The van der Waals surface area contributed by atoms with Crippen LogP contribution in [0.5, 0.6) is 11.5 Å². The van der Waals surface area contributed by atoms with Crippen molar-refractivity contribution in [3.8, 4) is 22.1 Å². The SMILES string of the molecule is COc1cc(CNC(=O)c2sc(-c3ccccc3)nc2C)ccc1OCc1ccncc1. The molecule has 0 saturated carbocycles. The van der Waals surface area contributed by atoms with Gasteiger partial charge in [0.25, 0.3) is 5.91 Å². The van der Waals surface area contributed by atoms with Gasteiger partial charge in [-0.15, -0.1) is 11.3 Å². The van der Waals surface area contributed by atoms with Crippen LogP contribution in [0.2, 0.25) is 0 Å². The molecule has 162 valence electrons. The van der Waals surface area contributed by atoms with E-state index in [-0.39, 0.29) is 5.91 Å². The molecule has 0 aliphatic rings. The minimum Gasteiger partial charge on any atom is -0.493 e. The van der Waals surface area contributed by atoms with Gasteiger partial charge in [0.05, 0.1) is 12.8 Å². The lowest BCUT2D eigenvalue weighted by Crippen LogP contribution is -2.22. The van der Waals surface area contributed by atoms with Gasteiger partial charge in [0, 0.05) is 24.5 Å². The molecule has 4 aromatic rings. The third-order valence-electron chi connectivity index (χ3n) is 4.85. The van der Waals surface area contributed by atoms with Crippen LogP contribution in [0.3, 0.4) is 0 Å². The Labute approximate surface area is 190 Å². The summed E-state index contributed by atoms with van der Waals surface area (Å²) >= 11 is 1.40. The number of rotatable bonds is 8. The van der Waals surface area contributed by atoms with E-state index < -0.39 is 0 Å². The minimum absolute atomic E-state index is 0.140. The highest BCUT2D eigenvalue weighted by Crippen LogP contribution is 2.30. The second-order valence-corrected chi connectivity index (χ2v) is 8.11. The van der Waals surface area contributed by atoms with Crippen LogP contribution in [0.15, 0.2) is 73.1 Å². The summed E-state index contributed by atoms with van der Waals surface area (Å²) in [6, 6.07) is 19.3. The Bertz CT molecular complexity index is 1190. The number of benzene rings is 2. The zero-order chi connectivity index (χ0) is 22.3. The molecule has 0 unspecified atom stereocenters. The van der Waals surface area contributed by atoms with E-state index in [0.717, 1.165) is 27.4 Å². The first-order valence-corrected chi connectivity index (χ1v) is 11.0.